The molecular weight excluding hydrogens is 244 g/mol. The molecule has 1 aliphatic carbocycles. The molecule has 2 rings (SSSR count). The largest absolute Gasteiger partial charge is 0.326 e. The van der Waals surface area contributed by atoms with Crippen molar-refractivity contribution in [1.29, 1.82) is 0 Å². The first-order valence-corrected chi connectivity index (χ1v) is 9.24. The third-order valence-corrected chi connectivity index (χ3v) is 5.72. The molecule has 0 aromatic heterocycles. The summed E-state index contributed by atoms with van der Waals surface area (Å²) in [6, 6.07) is 1.12. The SMILES string of the molecule is CCCC1CCCN(C2CC(CCC)CCC2N)CC1. The van der Waals surface area contributed by atoms with Crippen molar-refractivity contribution < 1.29 is 0 Å². The highest BCUT2D eigenvalue weighted by atomic mass is 15.2. The predicted molar refractivity (Wildman–Crippen MR) is 87.8 cm³/mol. The predicted octanol–water partition coefficient (Wildman–Crippen LogP) is 4.18. The van der Waals surface area contributed by atoms with E-state index in [2.05, 4.69) is 18.7 Å². The lowest BCUT2D eigenvalue weighted by atomic mass is 9.80. The van der Waals surface area contributed by atoms with Crippen LogP contribution < -0.4 is 5.73 Å². The molecule has 0 aromatic rings. The van der Waals surface area contributed by atoms with Gasteiger partial charge in [-0.15, -0.1) is 0 Å². The van der Waals surface area contributed by atoms with E-state index < -0.39 is 0 Å². The van der Waals surface area contributed by atoms with Gasteiger partial charge < -0.3 is 5.73 Å². The first-order valence-electron chi connectivity index (χ1n) is 9.24. The maximum Gasteiger partial charge on any atom is 0.0249 e. The molecule has 2 nitrogen and oxygen atoms in total. The molecular formula is C18H36N2. The van der Waals surface area contributed by atoms with Crippen LogP contribution in [-0.4, -0.2) is 30.1 Å². The average Bonchev–Trinajstić information content (AvgIpc) is 2.67. The minimum absolute atomic E-state index is 0.436. The fourth-order valence-corrected chi connectivity index (χ4v) is 4.56. The summed E-state index contributed by atoms with van der Waals surface area (Å²) in [7, 11) is 0. The minimum Gasteiger partial charge on any atom is -0.326 e. The molecule has 2 N–H and O–H groups in total. The lowest BCUT2D eigenvalue weighted by molar-refractivity contribution is 0.110. The first kappa shape index (κ1) is 16.3. The molecule has 0 aromatic carbocycles. The zero-order chi connectivity index (χ0) is 14.4. The van der Waals surface area contributed by atoms with Crippen LogP contribution in [-0.2, 0) is 0 Å². The third kappa shape index (κ3) is 4.46. The van der Waals surface area contributed by atoms with Crippen LogP contribution in [0.1, 0.15) is 78.1 Å². The van der Waals surface area contributed by atoms with E-state index in [0.717, 1.165) is 11.8 Å². The van der Waals surface area contributed by atoms with E-state index in [4.69, 9.17) is 5.73 Å². The minimum atomic E-state index is 0.436. The van der Waals surface area contributed by atoms with Gasteiger partial charge in [0.05, 0.1) is 0 Å². The van der Waals surface area contributed by atoms with Gasteiger partial charge in [0.25, 0.3) is 0 Å². The van der Waals surface area contributed by atoms with Gasteiger partial charge in [-0.05, 0) is 63.5 Å². The molecule has 0 spiro atoms. The second-order valence-electron chi connectivity index (χ2n) is 7.32. The van der Waals surface area contributed by atoms with E-state index in [1.165, 1.54) is 77.3 Å². The molecule has 1 aliphatic heterocycles. The lowest BCUT2D eigenvalue weighted by Gasteiger charge is -2.41. The Morgan fingerprint density at radius 1 is 0.900 bits per heavy atom. The van der Waals surface area contributed by atoms with Gasteiger partial charge in [0, 0.05) is 12.1 Å². The van der Waals surface area contributed by atoms with E-state index in [-0.39, 0.29) is 0 Å². The number of likely N-dealkylation sites (tertiary alicyclic amines) is 1. The van der Waals surface area contributed by atoms with Crippen molar-refractivity contribution in [3.8, 4) is 0 Å². The zero-order valence-corrected chi connectivity index (χ0v) is 13.8. The standard InChI is InChI=1S/C18H36N2/c1-3-6-15-8-5-12-20(13-11-15)18-14-16(7-4-2)9-10-17(18)19/h15-18H,3-14,19H2,1-2H3. The summed E-state index contributed by atoms with van der Waals surface area (Å²) in [6.07, 6.45) is 13.8. The van der Waals surface area contributed by atoms with Crippen LogP contribution in [0.25, 0.3) is 0 Å². The molecule has 1 saturated carbocycles. The van der Waals surface area contributed by atoms with E-state index in [1.54, 1.807) is 0 Å². The van der Waals surface area contributed by atoms with Crippen LogP contribution in [0.5, 0.6) is 0 Å². The topological polar surface area (TPSA) is 29.3 Å². The summed E-state index contributed by atoms with van der Waals surface area (Å²) in [6.45, 7) is 7.26. The quantitative estimate of drug-likeness (QED) is 0.818. The summed E-state index contributed by atoms with van der Waals surface area (Å²) in [5.74, 6) is 1.93. The Morgan fingerprint density at radius 3 is 2.40 bits per heavy atom. The Balaban J connectivity index is 1.88. The fraction of sp³-hybridized carbons (Fsp3) is 1.00. The summed E-state index contributed by atoms with van der Waals surface area (Å²) in [5.41, 5.74) is 6.47. The highest BCUT2D eigenvalue weighted by Crippen LogP contribution is 2.32. The van der Waals surface area contributed by atoms with E-state index in [1.807, 2.05) is 0 Å². The molecule has 2 fully saturated rings. The van der Waals surface area contributed by atoms with Crippen LogP contribution in [0.15, 0.2) is 0 Å². The van der Waals surface area contributed by atoms with Crippen LogP contribution in [0, 0.1) is 11.8 Å². The monoisotopic (exact) mass is 280 g/mol. The molecule has 1 saturated heterocycles. The zero-order valence-electron chi connectivity index (χ0n) is 13.8. The summed E-state index contributed by atoms with van der Waals surface area (Å²) in [5, 5.41) is 0. The molecule has 20 heavy (non-hydrogen) atoms. The molecule has 2 aliphatic rings. The van der Waals surface area contributed by atoms with Gasteiger partial charge in [-0.25, -0.2) is 0 Å². The maximum atomic E-state index is 6.47. The molecule has 118 valence electrons. The third-order valence-electron chi connectivity index (χ3n) is 5.72. The first-order chi connectivity index (χ1) is 9.74. The van der Waals surface area contributed by atoms with Crippen molar-refractivity contribution in [3.63, 3.8) is 0 Å². The smallest absolute Gasteiger partial charge is 0.0249 e. The van der Waals surface area contributed by atoms with Gasteiger partial charge in [-0.1, -0.05) is 39.5 Å². The molecule has 0 radical (unpaired) electrons. The van der Waals surface area contributed by atoms with Crippen molar-refractivity contribution in [3.05, 3.63) is 0 Å². The van der Waals surface area contributed by atoms with Crippen molar-refractivity contribution in [2.45, 2.75) is 90.1 Å². The average molecular weight is 280 g/mol. The molecule has 0 amide bonds. The van der Waals surface area contributed by atoms with E-state index in [9.17, 15) is 0 Å². The molecule has 4 atom stereocenters. The number of rotatable bonds is 5. The van der Waals surface area contributed by atoms with Crippen LogP contribution in [0.3, 0.4) is 0 Å². The molecule has 1 heterocycles. The Bertz CT molecular complexity index is 266. The second kappa shape index (κ2) is 8.38. The Morgan fingerprint density at radius 2 is 1.65 bits per heavy atom. The molecule has 0 bridgehead atoms. The Labute approximate surface area is 126 Å². The Kier molecular flexibility index (Phi) is 6.83. The van der Waals surface area contributed by atoms with Crippen LogP contribution in [0.2, 0.25) is 0 Å². The van der Waals surface area contributed by atoms with Gasteiger partial charge >= 0.3 is 0 Å². The Hall–Kier alpha value is -0.0800. The fourth-order valence-electron chi connectivity index (χ4n) is 4.56. The molecule has 2 heteroatoms. The van der Waals surface area contributed by atoms with Crippen molar-refractivity contribution >= 4 is 0 Å². The van der Waals surface area contributed by atoms with Crippen LogP contribution >= 0.6 is 0 Å². The van der Waals surface area contributed by atoms with Gasteiger partial charge in [-0.2, -0.15) is 0 Å². The number of hydrogen-bond acceptors (Lipinski definition) is 2. The maximum absolute atomic E-state index is 6.47. The highest BCUT2D eigenvalue weighted by molar-refractivity contribution is 4.90. The number of nitrogens with two attached hydrogens (primary N) is 1. The normalized spacial score (nSPS) is 36.8. The van der Waals surface area contributed by atoms with Crippen molar-refractivity contribution in [2.75, 3.05) is 13.1 Å². The van der Waals surface area contributed by atoms with Gasteiger partial charge in [0.1, 0.15) is 0 Å². The van der Waals surface area contributed by atoms with E-state index in [0.29, 0.717) is 12.1 Å². The number of hydrogen-bond donors (Lipinski definition) is 1. The molecule has 4 unspecified atom stereocenters. The highest BCUT2D eigenvalue weighted by Gasteiger charge is 2.32. The summed E-state index contributed by atoms with van der Waals surface area (Å²) < 4.78 is 0. The van der Waals surface area contributed by atoms with Gasteiger partial charge in [0.2, 0.25) is 0 Å². The summed E-state index contributed by atoms with van der Waals surface area (Å²) in [4.78, 5) is 2.77. The second-order valence-corrected chi connectivity index (χ2v) is 7.32. The van der Waals surface area contributed by atoms with E-state index >= 15 is 0 Å². The van der Waals surface area contributed by atoms with Crippen molar-refractivity contribution in [2.24, 2.45) is 17.6 Å². The van der Waals surface area contributed by atoms with Crippen molar-refractivity contribution in [1.82, 2.24) is 4.90 Å². The van der Waals surface area contributed by atoms with Gasteiger partial charge in [0.15, 0.2) is 0 Å². The van der Waals surface area contributed by atoms with Gasteiger partial charge in [-0.3, -0.25) is 4.90 Å². The number of nitrogens with zero attached hydrogens (tertiary/aromatic N) is 1. The van der Waals surface area contributed by atoms with Crippen LogP contribution in [0.4, 0.5) is 0 Å². The summed E-state index contributed by atoms with van der Waals surface area (Å²) >= 11 is 0. The lowest BCUT2D eigenvalue weighted by Crippen LogP contribution is -2.51.